The van der Waals surface area contributed by atoms with Crippen molar-refractivity contribution in [1.29, 1.82) is 4.78 Å². The number of amides is 1. The van der Waals surface area contributed by atoms with Crippen LogP contribution in [-0.4, -0.2) is 65.1 Å². The Morgan fingerprint density at radius 1 is 1.00 bits per heavy atom. The van der Waals surface area contributed by atoms with E-state index in [1.54, 1.807) is 0 Å². The van der Waals surface area contributed by atoms with Gasteiger partial charge in [-0.25, -0.2) is 31.2 Å². The molecule has 0 radical (unpaired) electrons. The predicted octanol–water partition coefficient (Wildman–Crippen LogP) is 3.96. The standard InChI is InChI=1S/C20H17Cl2F4N5O4S2/c21-11-2-1-10(18-16(11)12(22)9-29-18)15-13(37(28,34)35)3-4-14(17(15)23)36(27,33)31-7-5-30(6-8-31)19(32)20(24,25)26/h1-4,9,27,29H,5-8H2,(H2,28,34,35). The van der Waals surface area contributed by atoms with E-state index in [9.17, 15) is 30.6 Å². The van der Waals surface area contributed by atoms with Crippen LogP contribution < -0.4 is 5.14 Å². The fourth-order valence-corrected chi connectivity index (χ4v) is 6.94. The van der Waals surface area contributed by atoms with Gasteiger partial charge in [-0.3, -0.25) is 4.79 Å². The molecule has 4 N–H and O–H groups in total. The van der Waals surface area contributed by atoms with Gasteiger partial charge in [0.1, 0.15) is 9.92 Å². The quantitative estimate of drug-likeness (QED) is 0.389. The maximum absolute atomic E-state index is 16.1. The molecule has 200 valence electrons. The molecule has 0 aliphatic carbocycles. The second-order valence-electron chi connectivity index (χ2n) is 8.02. The molecule has 1 amide bonds. The van der Waals surface area contributed by atoms with E-state index in [2.05, 4.69) is 4.98 Å². The summed E-state index contributed by atoms with van der Waals surface area (Å²) >= 11 is 12.3. The number of nitrogens with one attached hydrogen (secondary N) is 2. The summed E-state index contributed by atoms with van der Waals surface area (Å²) in [5.74, 6) is -3.42. The summed E-state index contributed by atoms with van der Waals surface area (Å²) in [4.78, 5) is 13.4. The van der Waals surface area contributed by atoms with Crippen molar-refractivity contribution in [3.05, 3.63) is 46.3 Å². The lowest BCUT2D eigenvalue weighted by molar-refractivity contribution is -0.186. The van der Waals surface area contributed by atoms with Crippen LogP contribution in [0.5, 0.6) is 0 Å². The Bertz CT molecular complexity index is 1630. The van der Waals surface area contributed by atoms with Crippen molar-refractivity contribution in [2.24, 2.45) is 5.14 Å². The lowest BCUT2D eigenvalue weighted by Crippen LogP contribution is -2.53. The van der Waals surface area contributed by atoms with E-state index in [-0.39, 0.29) is 26.5 Å². The van der Waals surface area contributed by atoms with Crippen molar-refractivity contribution in [2.45, 2.75) is 16.0 Å². The molecule has 0 saturated carbocycles. The van der Waals surface area contributed by atoms with Crippen molar-refractivity contribution in [3.8, 4) is 11.1 Å². The number of hydrogen-bond donors (Lipinski definition) is 3. The molecule has 2 aromatic carbocycles. The Kier molecular flexibility index (Phi) is 7.01. The highest BCUT2D eigenvalue weighted by Gasteiger charge is 2.44. The average Bonchev–Trinajstić information content (AvgIpc) is 3.20. The molecule has 1 atom stereocenters. The van der Waals surface area contributed by atoms with Crippen molar-refractivity contribution < 1.29 is 35.0 Å². The summed E-state index contributed by atoms with van der Waals surface area (Å²) < 4.78 is 102. The number of carbonyl (C=O) groups excluding carboxylic acids is 1. The summed E-state index contributed by atoms with van der Waals surface area (Å²) in [6.07, 6.45) is -3.75. The van der Waals surface area contributed by atoms with Crippen LogP contribution in [0.4, 0.5) is 17.6 Å². The zero-order valence-corrected chi connectivity index (χ0v) is 21.5. The van der Waals surface area contributed by atoms with Crippen LogP contribution in [-0.2, 0) is 24.7 Å². The number of piperazine rings is 1. The van der Waals surface area contributed by atoms with E-state index in [0.29, 0.717) is 4.90 Å². The third kappa shape index (κ3) is 4.91. The summed E-state index contributed by atoms with van der Waals surface area (Å²) in [7, 11) is -8.72. The lowest BCUT2D eigenvalue weighted by atomic mass is 10.0. The zero-order valence-electron chi connectivity index (χ0n) is 18.4. The van der Waals surface area contributed by atoms with Crippen LogP contribution in [0.2, 0.25) is 10.0 Å². The van der Waals surface area contributed by atoms with E-state index in [4.69, 9.17) is 33.1 Å². The normalized spacial score (nSPS) is 17.2. The van der Waals surface area contributed by atoms with Crippen LogP contribution in [0, 0.1) is 10.6 Å². The van der Waals surface area contributed by atoms with Gasteiger partial charge in [-0.15, -0.1) is 0 Å². The Hall–Kier alpha value is -2.43. The topological polar surface area (TPSA) is 140 Å². The van der Waals surface area contributed by atoms with Gasteiger partial charge in [0.05, 0.1) is 25.4 Å². The number of aromatic nitrogens is 1. The number of carbonyl (C=O) groups is 1. The number of halogens is 6. The van der Waals surface area contributed by atoms with E-state index in [0.717, 1.165) is 16.4 Å². The molecule has 1 aliphatic heterocycles. The molecule has 1 fully saturated rings. The number of aromatic amines is 1. The van der Waals surface area contributed by atoms with Gasteiger partial charge >= 0.3 is 12.1 Å². The van der Waals surface area contributed by atoms with Gasteiger partial charge in [0, 0.05) is 48.9 Å². The first kappa shape index (κ1) is 27.6. The van der Waals surface area contributed by atoms with E-state index in [1.165, 1.54) is 18.3 Å². The summed E-state index contributed by atoms with van der Waals surface area (Å²) in [5, 5.41) is 5.90. The van der Waals surface area contributed by atoms with Crippen LogP contribution >= 0.6 is 23.2 Å². The Morgan fingerprint density at radius 3 is 2.16 bits per heavy atom. The van der Waals surface area contributed by atoms with Gasteiger partial charge in [-0.1, -0.05) is 29.3 Å². The lowest BCUT2D eigenvalue weighted by Gasteiger charge is -2.35. The van der Waals surface area contributed by atoms with E-state index < -0.39 is 79.4 Å². The highest BCUT2D eigenvalue weighted by Crippen LogP contribution is 2.41. The first-order valence-electron chi connectivity index (χ1n) is 10.3. The maximum Gasteiger partial charge on any atom is 0.471 e. The SMILES string of the molecule is N=S(=O)(c1ccc(S(N)(=O)=O)c(-c2ccc(Cl)c3c(Cl)c[nH]c23)c1F)N1CCN(C(=O)C(F)(F)F)CC1. The first-order chi connectivity index (χ1) is 17.0. The molecule has 3 aromatic rings. The van der Waals surface area contributed by atoms with Crippen molar-refractivity contribution >= 4 is 60.0 Å². The molecule has 2 heterocycles. The monoisotopic (exact) mass is 601 g/mol. The third-order valence-electron chi connectivity index (χ3n) is 5.81. The van der Waals surface area contributed by atoms with Gasteiger partial charge in [-0.05, 0) is 18.2 Å². The Labute approximate surface area is 218 Å². The molecule has 9 nitrogen and oxygen atoms in total. The number of alkyl halides is 3. The van der Waals surface area contributed by atoms with Crippen molar-refractivity contribution in [3.63, 3.8) is 0 Å². The van der Waals surface area contributed by atoms with E-state index in [1.807, 2.05) is 0 Å². The molecular weight excluding hydrogens is 585 g/mol. The van der Waals surface area contributed by atoms with Gasteiger partial charge in [0.15, 0.2) is 5.82 Å². The molecule has 1 aliphatic rings. The first-order valence-corrected chi connectivity index (χ1v) is 14.1. The number of nitrogens with two attached hydrogens (primary N) is 1. The molecule has 37 heavy (non-hydrogen) atoms. The number of H-pyrrole nitrogens is 1. The molecule has 0 spiro atoms. The second-order valence-corrected chi connectivity index (χ2v) is 12.4. The molecule has 1 saturated heterocycles. The molecule has 17 heteroatoms. The largest absolute Gasteiger partial charge is 0.471 e. The fourth-order valence-electron chi connectivity index (χ4n) is 4.08. The fraction of sp³-hybridized carbons (Fsp3) is 0.250. The third-order valence-corrected chi connectivity index (χ3v) is 9.38. The molecule has 0 bridgehead atoms. The van der Waals surface area contributed by atoms with Crippen LogP contribution in [0.25, 0.3) is 22.0 Å². The van der Waals surface area contributed by atoms with Crippen LogP contribution in [0.1, 0.15) is 0 Å². The average molecular weight is 602 g/mol. The number of primary sulfonamides is 1. The molecule has 1 unspecified atom stereocenters. The van der Waals surface area contributed by atoms with Gasteiger partial charge in [0.25, 0.3) is 0 Å². The molecule has 4 rings (SSSR count). The second kappa shape index (κ2) is 9.39. The summed E-state index contributed by atoms with van der Waals surface area (Å²) in [6.45, 7) is -1.85. The zero-order chi connectivity index (χ0) is 27.5. The number of hydrogen-bond acceptors (Lipinski definition) is 5. The van der Waals surface area contributed by atoms with Crippen LogP contribution in [0.15, 0.2) is 40.3 Å². The van der Waals surface area contributed by atoms with E-state index >= 15 is 4.39 Å². The van der Waals surface area contributed by atoms with Crippen molar-refractivity contribution in [2.75, 3.05) is 26.2 Å². The number of sulfonamides is 1. The summed E-state index contributed by atoms with van der Waals surface area (Å²) in [6, 6.07) is 4.36. The number of rotatable bonds is 4. The number of benzene rings is 2. The number of nitrogens with zero attached hydrogens (tertiary/aromatic N) is 2. The van der Waals surface area contributed by atoms with Crippen molar-refractivity contribution in [1.82, 2.24) is 14.2 Å². The highest BCUT2D eigenvalue weighted by molar-refractivity contribution is 7.90. The maximum atomic E-state index is 16.1. The number of fused-ring (bicyclic) bond motifs is 1. The van der Waals surface area contributed by atoms with Gasteiger partial charge in [0.2, 0.25) is 10.0 Å². The minimum Gasteiger partial charge on any atom is -0.359 e. The highest BCUT2D eigenvalue weighted by atomic mass is 35.5. The molecule has 1 aromatic heterocycles. The van der Waals surface area contributed by atoms with Gasteiger partial charge < -0.3 is 9.88 Å². The minimum absolute atomic E-state index is 0.0505. The Balaban J connectivity index is 1.83. The summed E-state index contributed by atoms with van der Waals surface area (Å²) in [5.41, 5.74) is -0.495. The predicted molar refractivity (Wildman–Crippen MR) is 128 cm³/mol. The molecular formula is C20H17Cl2F4N5O4S2. The Morgan fingerprint density at radius 2 is 1.59 bits per heavy atom. The van der Waals surface area contributed by atoms with Crippen LogP contribution in [0.3, 0.4) is 0 Å². The van der Waals surface area contributed by atoms with Gasteiger partial charge in [-0.2, -0.15) is 13.2 Å². The smallest absolute Gasteiger partial charge is 0.359 e. The minimum atomic E-state index is -5.10.